The van der Waals surface area contributed by atoms with Gasteiger partial charge in [0.25, 0.3) is 0 Å². The summed E-state index contributed by atoms with van der Waals surface area (Å²) in [6, 6.07) is 12.8. The van der Waals surface area contributed by atoms with Gasteiger partial charge in [0.1, 0.15) is 11.4 Å². The van der Waals surface area contributed by atoms with Gasteiger partial charge in [-0.05, 0) is 81.4 Å². The molecule has 5 rings (SSSR count). The van der Waals surface area contributed by atoms with Crippen molar-refractivity contribution in [2.45, 2.75) is 44.6 Å². The van der Waals surface area contributed by atoms with Crippen LogP contribution in [0.4, 0.5) is 5.82 Å². The Labute approximate surface area is 171 Å². The van der Waals surface area contributed by atoms with Gasteiger partial charge < -0.3 is 15.3 Å². The third-order valence-corrected chi connectivity index (χ3v) is 6.23. The van der Waals surface area contributed by atoms with E-state index in [0.717, 1.165) is 52.9 Å². The zero-order valence-corrected chi connectivity index (χ0v) is 17.2. The van der Waals surface area contributed by atoms with E-state index in [-0.39, 0.29) is 5.75 Å². The molecule has 1 aromatic heterocycles. The van der Waals surface area contributed by atoms with Gasteiger partial charge in [0, 0.05) is 28.9 Å². The smallest absolute Gasteiger partial charge is 0.156 e. The van der Waals surface area contributed by atoms with Gasteiger partial charge in [0.05, 0.1) is 0 Å². The number of piperidine rings is 1. The van der Waals surface area contributed by atoms with Crippen LogP contribution in [0.2, 0.25) is 0 Å². The lowest BCUT2D eigenvalue weighted by Crippen LogP contribution is -2.40. The molecule has 2 fully saturated rings. The number of fused-ring (bicyclic) bond motifs is 1. The standard InChI is InChI=1S/C24H28N4O/c1-15-5-9-20(22(29)12-15)23-19-10-8-17(16-6-7-16)13-21(19)24(27-26-23)25-18-4-3-11-28(2)14-18/h5,8-10,12-13,16,18,29H,3-4,6-7,11,14H2,1-2H3,(H,25,27). The van der Waals surface area contributed by atoms with Crippen LogP contribution in [0, 0.1) is 6.92 Å². The van der Waals surface area contributed by atoms with Crippen molar-refractivity contribution in [2.24, 2.45) is 0 Å². The quantitative estimate of drug-likeness (QED) is 0.679. The topological polar surface area (TPSA) is 61.3 Å². The summed E-state index contributed by atoms with van der Waals surface area (Å²) < 4.78 is 0. The molecule has 0 spiro atoms. The molecule has 1 aliphatic heterocycles. The van der Waals surface area contributed by atoms with Crippen molar-refractivity contribution in [1.29, 1.82) is 0 Å². The summed E-state index contributed by atoms with van der Waals surface area (Å²) in [6.07, 6.45) is 4.89. The number of likely N-dealkylation sites (N-methyl/N-ethyl adjacent to an activating group) is 1. The van der Waals surface area contributed by atoms with Crippen molar-refractivity contribution in [3.63, 3.8) is 0 Å². The minimum Gasteiger partial charge on any atom is -0.507 e. The molecule has 2 aromatic carbocycles. The molecular formula is C24H28N4O. The number of rotatable bonds is 4. The maximum absolute atomic E-state index is 10.5. The van der Waals surface area contributed by atoms with Crippen LogP contribution in [0.3, 0.4) is 0 Å². The van der Waals surface area contributed by atoms with Gasteiger partial charge >= 0.3 is 0 Å². The van der Waals surface area contributed by atoms with E-state index in [0.29, 0.717) is 12.0 Å². The Morgan fingerprint density at radius 2 is 1.90 bits per heavy atom. The van der Waals surface area contributed by atoms with E-state index < -0.39 is 0 Å². The van der Waals surface area contributed by atoms with Crippen LogP contribution in [0.15, 0.2) is 36.4 Å². The zero-order valence-electron chi connectivity index (χ0n) is 17.2. The van der Waals surface area contributed by atoms with E-state index in [9.17, 15) is 5.11 Å². The van der Waals surface area contributed by atoms with Crippen molar-refractivity contribution in [1.82, 2.24) is 15.1 Å². The van der Waals surface area contributed by atoms with Gasteiger partial charge in [-0.2, -0.15) is 0 Å². The molecule has 2 N–H and O–H groups in total. The summed E-state index contributed by atoms with van der Waals surface area (Å²) in [5.41, 5.74) is 3.88. The molecule has 2 aliphatic rings. The molecular weight excluding hydrogens is 360 g/mol. The molecule has 1 atom stereocenters. The van der Waals surface area contributed by atoms with Crippen LogP contribution in [0.25, 0.3) is 22.0 Å². The Hall–Kier alpha value is -2.66. The summed E-state index contributed by atoms with van der Waals surface area (Å²) in [4.78, 5) is 2.37. The highest BCUT2D eigenvalue weighted by molar-refractivity contribution is 6.01. The van der Waals surface area contributed by atoms with Crippen LogP contribution < -0.4 is 5.32 Å². The van der Waals surface area contributed by atoms with Gasteiger partial charge in [-0.1, -0.05) is 18.2 Å². The van der Waals surface area contributed by atoms with Gasteiger partial charge in [0.15, 0.2) is 5.82 Å². The number of aryl methyl sites for hydroxylation is 1. The number of phenols is 1. The van der Waals surface area contributed by atoms with E-state index in [2.05, 4.69) is 45.7 Å². The van der Waals surface area contributed by atoms with Crippen LogP contribution in [-0.4, -0.2) is 46.4 Å². The monoisotopic (exact) mass is 388 g/mol. The average Bonchev–Trinajstić information content (AvgIpc) is 3.54. The van der Waals surface area contributed by atoms with Gasteiger partial charge in [-0.25, -0.2) is 0 Å². The number of nitrogens with zero attached hydrogens (tertiary/aromatic N) is 3. The van der Waals surface area contributed by atoms with Gasteiger partial charge in [-0.3, -0.25) is 0 Å². The molecule has 1 saturated carbocycles. The number of hydrogen-bond donors (Lipinski definition) is 2. The first kappa shape index (κ1) is 18.4. The van der Waals surface area contributed by atoms with Crippen molar-refractivity contribution < 1.29 is 5.11 Å². The average molecular weight is 389 g/mol. The molecule has 1 saturated heterocycles. The predicted molar refractivity (Wildman–Crippen MR) is 117 cm³/mol. The summed E-state index contributed by atoms with van der Waals surface area (Å²) >= 11 is 0. The summed E-state index contributed by atoms with van der Waals surface area (Å²) in [5.74, 6) is 1.79. The largest absolute Gasteiger partial charge is 0.507 e. The Balaban J connectivity index is 1.61. The molecule has 1 aliphatic carbocycles. The fraction of sp³-hybridized carbons (Fsp3) is 0.417. The van der Waals surface area contributed by atoms with E-state index in [1.165, 1.54) is 24.8 Å². The van der Waals surface area contributed by atoms with Gasteiger partial charge in [-0.15, -0.1) is 10.2 Å². The number of hydrogen-bond acceptors (Lipinski definition) is 5. The van der Waals surface area contributed by atoms with E-state index >= 15 is 0 Å². The SMILES string of the molecule is Cc1ccc(-c2nnc(NC3CCCN(C)C3)c3cc(C4CC4)ccc23)c(O)c1. The Morgan fingerprint density at radius 3 is 2.66 bits per heavy atom. The van der Waals surface area contributed by atoms with Crippen LogP contribution in [0.1, 0.15) is 42.7 Å². The van der Waals surface area contributed by atoms with E-state index in [4.69, 9.17) is 0 Å². The summed E-state index contributed by atoms with van der Waals surface area (Å²) in [6.45, 7) is 4.15. The number of phenolic OH excluding ortho intramolecular Hbond substituents is 1. The fourth-order valence-corrected chi connectivity index (χ4v) is 4.47. The first-order valence-corrected chi connectivity index (χ1v) is 10.6. The number of aromatic nitrogens is 2. The molecule has 5 heteroatoms. The minimum atomic E-state index is 0.251. The number of anilines is 1. The highest BCUT2D eigenvalue weighted by Crippen LogP contribution is 2.43. The minimum absolute atomic E-state index is 0.251. The normalized spacial score (nSPS) is 20.1. The lowest BCUT2D eigenvalue weighted by atomic mass is 9.99. The first-order chi connectivity index (χ1) is 14.1. The maximum atomic E-state index is 10.5. The maximum Gasteiger partial charge on any atom is 0.156 e. The Kier molecular flexibility index (Phi) is 4.63. The van der Waals surface area contributed by atoms with Gasteiger partial charge in [0.2, 0.25) is 0 Å². The van der Waals surface area contributed by atoms with E-state index in [1.807, 2.05) is 19.1 Å². The summed E-state index contributed by atoms with van der Waals surface area (Å²) in [7, 11) is 2.17. The van der Waals surface area contributed by atoms with Crippen LogP contribution in [-0.2, 0) is 0 Å². The molecule has 0 radical (unpaired) electrons. The molecule has 1 unspecified atom stereocenters. The molecule has 3 aromatic rings. The molecule has 150 valence electrons. The number of aromatic hydroxyl groups is 1. The van der Waals surface area contributed by atoms with Crippen LogP contribution in [0.5, 0.6) is 5.75 Å². The highest BCUT2D eigenvalue weighted by atomic mass is 16.3. The second-order valence-electron chi connectivity index (χ2n) is 8.74. The third kappa shape index (κ3) is 3.67. The Bertz CT molecular complexity index is 1060. The fourth-order valence-electron chi connectivity index (χ4n) is 4.47. The second-order valence-corrected chi connectivity index (χ2v) is 8.74. The lowest BCUT2D eigenvalue weighted by Gasteiger charge is -2.30. The number of nitrogens with one attached hydrogen (secondary N) is 1. The van der Waals surface area contributed by atoms with E-state index in [1.54, 1.807) is 6.07 Å². The number of likely N-dealkylation sites (tertiary alicyclic amines) is 1. The van der Waals surface area contributed by atoms with Crippen LogP contribution >= 0.6 is 0 Å². The molecule has 29 heavy (non-hydrogen) atoms. The first-order valence-electron chi connectivity index (χ1n) is 10.6. The lowest BCUT2D eigenvalue weighted by molar-refractivity contribution is 0.261. The van der Waals surface area contributed by atoms with Crippen molar-refractivity contribution >= 4 is 16.6 Å². The zero-order chi connectivity index (χ0) is 20.0. The molecule has 2 heterocycles. The summed E-state index contributed by atoms with van der Waals surface area (Å²) in [5, 5.41) is 25.5. The van der Waals surface area contributed by atoms with Crippen molar-refractivity contribution in [2.75, 3.05) is 25.5 Å². The molecule has 0 bridgehead atoms. The van der Waals surface area contributed by atoms with Crippen molar-refractivity contribution in [3.8, 4) is 17.0 Å². The molecule has 5 nitrogen and oxygen atoms in total. The third-order valence-electron chi connectivity index (χ3n) is 6.23. The molecule has 0 amide bonds. The predicted octanol–water partition coefficient (Wildman–Crippen LogP) is 4.69. The second kappa shape index (κ2) is 7.30. The Morgan fingerprint density at radius 1 is 1.03 bits per heavy atom. The van der Waals surface area contributed by atoms with Crippen molar-refractivity contribution in [3.05, 3.63) is 47.5 Å². The highest BCUT2D eigenvalue weighted by Gasteiger charge is 2.25. The number of benzene rings is 2.